The van der Waals surface area contributed by atoms with Gasteiger partial charge >= 0.3 is 0 Å². The Kier molecular flexibility index (Phi) is 7.16. The fraction of sp³-hybridized carbons (Fsp3) is 0.0600. The molecule has 10 rings (SSSR count). The van der Waals surface area contributed by atoms with Crippen molar-refractivity contribution in [1.29, 1.82) is 0 Å². The minimum absolute atomic E-state index is 0.151. The maximum absolute atomic E-state index is 5.33. The quantitative estimate of drug-likeness (QED) is 0.182. The van der Waals surface area contributed by atoms with Gasteiger partial charge in [-0.2, -0.15) is 0 Å². The van der Waals surface area contributed by atoms with Gasteiger partial charge < -0.3 is 0 Å². The van der Waals surface area contributed by atoms with Gasteiger partial charge in [0, 0.05) is 34.5 Å². The summed E-state index contributed by atoms with van der Waals surface area (Å²) in [6, 6.07) is 58.6. The topological polar surface area (TPSA) is 38.7 Å². The highest BCUT2D eigenvalue weighted by Gasteiger charge is 2.37. The largest absolute Gasteiger partial charge is 0.265 e. The zero-order valence-corrected chi connectivity index (χ0v) is 29.6. The van der Waals surface area contributed by atoms with Crippen molar-refractivity contribution in [1.82, 2.24) is 15.0 Å². The average molecular weight is 678 g/mol. The Morgan fingerprint density at radius 3 is 1.77 bits per heavy atom. The summed E-state index contributed by atoms with van der Waals surface area (Å²) in [4.78, 5) is 14.9. The second kappa shape index (κ2) is 12.2. The summed E-state index contributed by atoms with van der Waals surface area (Å²) in [5.74, 6) is 0.711. The molecule has 0 radical (unpaired) electrons. The molecule has 0 N–H and O–H groups in total. The van der Waals surface area contributed by atoms with Crippen molar-refractivity contribution in [2.45, 2.75) is 19.3 Å². The van der Waals surface area contributed by atoms with Crippen molar-refractivity contribution in [2.75, 3.05) is 0 Å². The molecule has 0 unspecified atom stereocenters. The summed E-state index contributed by atoms with van der Waals surface area (Å²) >= 11 is 0. The molecular formula is C50H35N3. The lowest BCUT2D eigenvalue weighted by Gasteiger charge is -2.22. The Morgan fingerprint density at radius 2 is 1.00 bits per heavy atom. The van der Waals surface area contributed by atoms with Crippen molar-refractivity contribution in [3.8, 4) is 67.3 Å². The number of aromatic nitrogens is 3. The lowest BCUT2D eigenvalue weighted by Crippen LogP contribution is -2.14. The Morgan fingerprint density at radius 1 is 0.396 bits per heavy atom. The highest BCUT2D eigenvalue weighted by atomic mass is 14.9. The molecule has 0 saturated heterocycles. The minimum Gasteiger partial charge on any atom is -0.265 e. The van der Waals surface area contributed by atoms with Crippen LogP contribution < -0.4 is 0 Å². The van der Waals surface area contributed by atoms with E-state index in [4.69, 9.17) is 9.97 Å². The first-order valence-corrected chi connectivity index (χ1v) is 18.2. The van der Waals surface area contributed by atoms with Gasteiger partial charge in [-0.15, -0.1) is 0 Å². The summed E-state index contributed by atoms with van der Waals surface area (Å²) in [6.07, 6.45) is 3.71. The third kappa shape index (κ3) is 5.08. The Bertz CT molecular complexity index is 2860. The molecule has 3 nitrogen and oxygen atoms in total. The standard InChI is InChI=1S/C50H35N3/c1-50(2)44-22-12-21-42(48(44)43-29-34-15-6-7-16-35(34)30-45(43)50)47-31-46(52-49(53-47)33-13-4-3-5-14-33)41-24-23-40(38-19-10-11-20-39(38)41)37-18-9-8-17-36(37)32-25-27-51-28-26-32/h3-31H,1-2H3. The Balaban J connectivity index is 1.20. The first kappa shape index (κ1) is 31.1. The van der Waals surface area contributed by atoms with Gasteiger partial charge in [-0.25, -0.2) is 9.97 Å². The minimum atomic E-state index is -0.151. The molecular weight excluding hydrogens is 643 g/mol. The molecule has 0 amide bonds. The van der Waals surface area contributed by atoms with E-state index in [2.05, 4.69) is 177 Å². The zero-order chi connectivity index (χ0) is 35.5. The number of rotatable bonds is 5. The predicted molar refractivity (Wildman–Crippen MR) is 220 cm³/mol. The van der Waals surface area contributed by atoms with Crippen LogP contribution in [0.25, 0.3) is 88.8 Å². The van der Waals surface area contributed by atoms with Gasteiger partial charge in [-0.1, -0.05) is 147 Å². The van der Waals surface area contributed by atoms with Gasteiger partial charge in [-0.05, 0) is 96.4 Å². The van der Waals surface area contributed by atoms with Crippen LogP contribution in [0.4, 0.5) is 0 Å². The molecule has 0 spiro atoms. The molecule has 53 heavy (non-hydrogen) atoms. The number of hydrogen-bond donors (Lipinski definition) is 0. The van der Waals surface area contributed by atoms with Crippen molar-refractivity contribution in [3.63, 3.8) is 0 Å². The number of hydrogen-bond acceptors (Lipinski definition) is 3. The maximum Gasteiger partial charge on any atom is 0.160 e. The van der Waals surface area contributed by atoms with Crippen molar-refractivity contribution < 1.29 is 0 Å². The van der Waals surface area contributed by atoms with E-state index < -0.39 is 0 Å². The average Bonchev–Trinajstić information content (AvgIpc) is 3.45. The highest BCUT2D eigenvalue weighted by molar-refractivity contribution is 6.07. The fourth-order valence-corrected chi connectivity index (χ4v) is 8.38. The summed E-state index contributed by atoms with van der Waals surface area (Å²) in [5.41, 5.74) is 14.7. The molecule has 7 aromatic carbocycles. The molecule has 0 atom stereocenters. The van der Waals surface area contributed by atoms with E-state index in [0.717, 1.165) is 39.0 Å². The van der Waals surface area contributed by atoms with Crippen LogP contribution >= 0.6 is 0 Å². The molecule has 2 aromatic heterocycles. The predicted octanol–water partition coefficient (Wildman–Crippen LogP) is 12.8. The number of fused-ring (bicyclic) bond motifs is 5. The lowest BCUT2D eigenvalue weighted by molar-refractivity contribution is 0.661. The molecule has 2 heterocycles. The number of nitrogens with zero attached hydrogens (tertiary/aromatic N) is 3. The molecule has 0 fully saturated rings. The van der Waals surface area contributed by atoms with Crippen LogP contribution in [-0.2, 0) is 5.41 Å². The van der Waals surface area contributed by atoms with Crippen molar-refractivity contribution in [3.05, 3.63) is 187 Å². The molecule has 250 valence electrons. The third-order valence-corrected chi connectivity index (χ3v) is 11.0. The van der Waals surface area contributed by atoms with E-state index in [1.807, 2.05) is 18.5 Å². The first-order chi connectivity index (χ1) is 26.0. The second-order valence-corrected chi connectivity index (χ2v) is 14.4. The van der Waals surface area contributed by atoms with E-state index in [0.29, 0.717) is 5.82 Å². The zero-order valence-electron chi connectivity index (χ0n) is 29.6. The number of pyridine rings is 1. The van der Waals surface area contributed by atoms with Gasteiger partial charge in [0.05, 0.1) is 11.4 Å². The summed E-state index contributed by atoms with van der Waals surface area (Å²) in [5, 5.41) is 4.84. The summed E-state index contributed by atoms with van der Waals surface area (Å²) in [6.45, 7) is 4.69. The monoisotopic (exact) mass is 677 g/mol. The molecule has 0 saturated carbocycles. The van der Waals surface area contributed by atoms with Crippen molar-refractivity contribution in [2.24, 2.45) is 0 Å². The second-order valence-electron chi connectivity index (χ2n) is 14.4. The SMILES string of the molecule is CC1(C)c2cc3ccccc3cc2-c2c(-c3cc(-c4ccc(-c5ccccc5-c5ccncc5)c5ccccc45)nc(-c4ccccc4)n3)cccc21. The molecule has 1 aliphatic rings. The van der Waals surface area contributed by atoms with Gasteiger partial charge in [0.25, 0.3) is 0 Å². The Labute approximate surface area is 309 Å². The van der Waals surface area contributed by atoms with Crippen LogP contribution in [0, 0.1) is 0 Å². The van der Waals surface area contributed by atoms with Gasteiger partial charge in [0.15, 0.2) is 5.82 Å². The molecule has 9 aromatic rings. The smallest absolute Gasteiger partial charge is 0.160 e. The van der Waals surface area contributed by atoms with Gasteiger partial charge in [0.2, 0.25) is 0 Å². The van der Waals surface area contributed by atoms with Crippen LogP contribution in [0.15, 0.2) is 176 Å². The lowest BCUT2D eigenvalue weighted by atomic mass is 9.81. The summed E-state index contributed by atoms with van der Waals surface area (Å²) in [7, 11) is 0. The van der Waals surface area contributed by atoms with E-state index in [9.17, 15) is 0 Å². The van der Waals surface area contributed by atoms with Gasteiger partial charge in [-0.3, -0.25) is 4.98 Å². The highest BCUT2D eigenvalue weighted by Crippen LogP contribution is 2.53. The number of benzene rings is 7. The van der Waals surface area contributed by atoms with Crippen LogP contribution in [0.3, 0.4) is 0 Å². The van der Waals surface area contributed by atoms with E-state index in [-0.39, 0.29) is 5.41 Å². The van der Waals surface area contributed by atoms with Crippen molar-refractivity contribution >= 4 is 21.5 Å². The van der Waals surface area contributed by atoms with E-state index in [1.54, 1.807) is 0 Å². The molecule has 0 bridgehead atoms. The van der Waals surface area contributed by atoms with Gasteiger partial charge in [0.1, 0.15) is 0 Å². The Hall–Kier alpha value is -6.71. The fourth-order valence-electron chi connectivity index (χ4n) is 8.38. The normalized spacial score (nSPS) is 12.9. The summed E-state index contributed by atoms with van der Waals surface area (Å²) < 4.78 is 0. The molecule has 0 aliphatic heterocycles. The van der Waals surface area contributed by atoms with Crippen LogP contribution in [0.1, 0.15) is 25.0 Å². The van der Waals surface area contributed by atoms with Crippen LogP contribution in [0.2, 0.25) is 0 Å². The van der Waals surface area contributed by atoms with E-state index >= 15 is 0 Å². The van der Waals surface area contributed by atoms with Crippen LogP contribution in [0.5, 0.6) is 0 Å². The molecule has 1 aliphatic carbocycles. The van der Waals surface area contributed by atoms with Crippen LogP contribution in [-0.4, -0.2) is 15.0 Å². The van der Waals surface area contributed by atoms with E-state index in [1.165, 1.54) is 55.1 Å². The maximum atomic E-state index is 5.33. The third-order valence-electron chi connectivity index (χ3n) is 11.0. The molecule has 3 heteroatoms. The first-order valence-electron chi connectivity index (χ1n) is 18.2.